The molecule has 0 radical (unpaired) electrons. The Labute approximate surface area is 113 Å². The van der Waals surface area contributed by atoms with Gasteiger partial charge in [0, 0.05) is 30.8 Å². The van der Waals surface area contributed by atoms with Gasteiger partial charge in [0.15, 0.2) is 0 Å². The van der Waals surface area contributed by atoms with Crippen LogP contribution in [-0.4, -0.2) is 9.78 Å². The van der Waals surface area contributed by atoms with Crippen LogP contribution in [0.3, 0.4) is 0 Å². The molecule has 3 nitrogen and oxygen atoms in total. The topological polar surface area (TPSA) is 43.8 Å². The van der Waals surface area contributed by atoms with Gasteiger partial charge in [-0.15, -0.1) is 0 Å². The minimum Gasteiger partial charge on any atom is -0.324 e. The van der Waals surface area contributed by atoms with Crippen LogP contribution in [0, 0.1) is 12.7 Å². The Morgan fingerprint density at radius 2 is 2.11 bits per heavy atom. The molecule has 4 heteroatoms. The van der Waals surface area contributed by atoms with E-state index in [9.17, 15) is 4.39 Å². The molecule has 2 rings (SSSR count). The molecule has 1 heterocycles. The van der Waals surface area contributed by atoms with Gasteiger partial charge in [-0.3, -0.25) is 4.68 Å². The molecule has 0 aliphatic rings. The Morgan fingerprint density at radius 1 is 1.37 bits per heavy atom. The zero-order chi connectivity index (χ0) is 14.0. The highest BCUT2D eigenvalue weighted by atomic mass is 19.1. The largest absolute Gasteiger partial charge is 0.324 e. The zero-order valence-electron chi connectivity index (χ0n) is 11.7. The van der Waals surface area contributed by atoms with Crippen molar-refractivity contribution in [3.63, 3.8) is 0 Å². The summed E-state index contributed by atoms with van der Waals surface area (Å²) in [7, 11) is 1.90. The van der Waals surface area contributed by atoms with E-state index in [2.05, 4.69) is 12.0 Å². The fourth-order valence-electron chi connectivity index (χ4n) is 2.22. The molecule has 0 aliphatic carbocycles. The zero-order valence-corrected chi connectivity index (χ0v) is 11.7. The standard InChI is InChI=1S/C15H20FN3/c1-4-11-8-12(19(3)18-11)9-15(17)13-7-10(2)5-6-14(13)16/h5-8,15H,4,9,17H2,1-3H3. The molecule has 0 saturated heterocycles. The number of aryl methyl sites for hydroxylation is 3. The van der Waals surface area contributed by atoms with E-state index in [1.54, 1.807) is 6.07 Å². The second-order valence-corrected chi connectivity index (χ2v) is 4.94. The quantitative estimate of drug-likeness (QED) is 0.919. The summed E-state index contributed by atoms with van der Waals surface area (Å²) in [6.07, 6.45) is 1.48. The maximum atomic E-state index is 13.8. The lowest BCUT2D eigenvalue weighted by Crippen LogP contribution is -2.17. The highest BCUT2D eigenvalue weighted by Crippen LogP contribution is 2.20. The van der Waals surface area contributed by atoms with E-state index in [1.165, 1.54) is 6.07 Å². The maximum absolute atomic E-state index is 13.8. The number of hydrogen-bond donors (Lipinski definition) is 1. The average Bonchev–Trinajstić information content (AvgIpc) is 2.73. The lowest BCUT2D eigenvalue weighted by atomic mass is 10.00. The number of halogens is 1. The summed E-state index contributed by atoms with van der Waals surface area (Å²) >= 11 is 0. The average molecular weight is 261 g/mol. The monoisotopic (exact) mass is 261 g/mol. The molecule has 1 aromatic carbocycles. The highest BCUT2D eigenvalue weighted by Gasteiger charge is 2.15. The SMILES string of the molecule is CCc1cc(CC(N)c2cc(C)ccc2F)n(C)n1. The predicted octanol–water partition coefficient (Wildman–Crippen LogP) is 2.67. The lowest BCUT2D eigenvalue weighted by molar-refractivity contribution is 0.568. The second-order valence-electron chi connectivity index (χ2n) is 4.94. The van der Waals surface area contributed by atoms with Crippen LogP contribution in [0.4, 0.5) is 4.39 Å². The van der Waals surface area contributed by atoms with Crippen LogP contribution in [0.25, 0.3) is 0 Å². The number of aromatic nitrogens is 2. The molecule has 1 atom stereocenters. The third kappa shape index (κ3) is 3.01. The molecule has 102 valence electrons. The first-order chi connectivity index (χ1) is 9.01. The van der Waals surface area contributed by atoms with E-state index in [0.717, 1.165) is 23.4 Å². The van der Waals surface area contributed by atoms with Crippen LogP contribution in [0.15, 0.2) is 24.3 Å². The fourth-order valence-corrected chi connectivity index (χ4v) is 2.22. The molecule has 0 aliphatic heterocycles. The van der Waals surface area contributed by atoms with Crippen LogP contribution in [0.2, 0.25) is 0 Å². The molecule has 1 unspecified atom stereocenters. The molecule has 0 saturated carbocycles. The minimum absolute atomic E-state index is 0.240. The Kier molecular flexibility index (Phi) is 4.00. The van der Waals surface area contributed by atoms with Gasteiger partial charge in [-0.1, -0.05) is 24.6 Å². The molecule has 0 bridgehead atoms. The molecular formula is C15H20FN3. The normalized spacial score (nSPS) is 12.7. The van der Waals surface area contributed by atoms with Crippen molar-refractivity contribution in [2.45, 2.75) is 32.7 Å². The van der Waals surface area contributed by atoms with Crippen molar-refractivity contribution < 1.29 is 4.39 Å². The van der Waals surface area contributed by atoms with Gasteiger partial charge in [0.05, 0.1) is 5.69 Å². The van der Waals surface area contributed by atoms with Crippen molar-refractivity contribution >= 4 is 0 Å². The van der Waals surface area contributed by atoms with Crippen LogP contribution in [0.1, 0.15) is 35.5 Å². The number of nitrogens with zero attached hydrogens (tertiary/aromatic N) is 2. The maximum Gasteiger partial charge on any atom is 0.128 e. The summed E-state index contributed by atoms with van der Waals surface area (Å²) in [5.74, 6) is -0.240. The number of benzene rings is 1. The summed E-state index contributed by atoms with van der Waals surface area (Å²) in [6.45, 7) is 4.00. The van der Waals surface area contributed by atoms with Crippen molar-refractivity contribution in [3.05, 3.63) is 52.6 Å². The van der Waals surface area contributed by atoms with Crippen LogP contribution < -0.4 is 5.73 Å². The molecule has 2 aromatic rings. The van der Waals surface area contributed by atoms with E-state index in [-0.39, 0.29) is 11.9 Å². The second kappa shape index (κ2) is 5.53. The van der Waals surface area contributed by atoms with Crippen molar-refractivity contribution in [3.8, 4) is 0 Å². The molecule has 0 fully saturated rings. The van der Waals surface area contributed by atoms with Gasteiger partial charge in [-0.2, -0.15) is 5.10 Å². The first kappa shape index (κ1) is 13.7. The van der Waals surface area contributed by atoms with Gasteiger partial charge < -0.3 is 5.73 Å². The van der Waals surface area contributed by atoms with E-state index >= 15 is 0 Å². The highest BCUT2D eigenvalue weighted by molar-refractivity contribution is 5.28. The van der Waals surface area contributed by atoms with Gasteiger partial charge in [-0.05, 0) is 25.5 Å². The Balaban J connectivity index is 2.22. The Morgan fingerprint density at radius 3 is 2.74 bits per heavy atom. The minimum atomic E-state index is -0.347. The van der Waals surface area contributed by atoms with Crippen molar-refractivity contribution in [2.24, 2.45) is 12.8 Å². The Hall–Kier alpha value is -1.68. The van der Waals surface area contributed by atoms with Gasteiger partial charge in [-0.25, -0.2) is 4.39 Å². The third-order valence-electron chi connectivity index (χ3n) is 3.37. The van der Waals surface area contributed by atoms with E-state index < -0.39 is 0 Å². The number of rotatable bonds is 4. The molecule has 0 spiro atoms. The first-order valence-electron chi connectivity index (χ1n) is 6.54. The van der Waals surface area contributed by atoms with Gasteiger partial charge in [0.1, 0.15) is 5.82 Å². The molecule has 0 amide bonds. The smallest absolute Gasteiger partial charge is 0.128 e. The van der Waals surface area contributed by atoms with Crippen molar-refractivity contribution in [2.75, 3.05) is 0 Å². The summed E-state index contributed by atoms with van der Waals surface area (Å²) in [4.78, 5) is 0. The number of hydrogen-bond acceptors (Lipinski definition) is 2. The molecule has 1 aromatic heterocycles. The van der Waals surface area contributed by atoms with Crippen LogP contribution >= 0.6 is 0 Å². The van der Waals surface area contributed by atoms with Gasteiger partial charge in [0.25, 0.3) is 0 Å². The van der Waals surface area contributed by atoms with Gasteiger partial charge >= 0.3 is 0 Å². The summed E-state index contributed by atoms with van der Waals surface area (Å²) in [5, 5.41) is 4.38. The summed E-state index contributed by atoms with van der Waals surface area (Å²) in [5.41, 5.74) is 9.79. The van der Waals surface area contributed by atoms with E-state index in [1.807, 2.05) is 30.8 Å². The number of nitrogens with two attached hydrogens (primary N) is 1. The lowest BCUT2D eigenvalue weighted by Gasteiger charge is -2.13. The molecular weight excluding hydrogens is 241 g/mol. The van der Waals surface area contributed by atoms with Gasteiger partial charge in [0.2, 0.25) is 0 Å². The van der Waals surface area contributed by atoms with Crippen LogP contribution in [0.5, 0.6) is 0 Å². The summed E-state index contributed by atoms with van der Waals surface area (Å²) < 4.78 is 15.6. The third-order valence-corrected chi connectivity index (χ3v) is 3.37. The fraction of sp³-hybridized carbons (Fsp3) is 0.400. The van der Waals surface area contributed by atoms with Crippen LogP contribution in [-0.2, 0) is 19.9 Å². The van der Waals surface area contributed by atoms with Crippen molar-refractivity contribution in [1.82, 2.24) is 9.78 Å². The molecule has 19 heavy (non-hydrogen) atoms. The van der Waals surface area contributed by atoms with E-state index in [4.69, 9.17) is 5.73 Å². The summed E-state index contributed by atoms with van der Waals surface area (Å²) in [6, 6.07) is 6.74. The van der Waals surface area contributed by atoms with Crippen molar-refractivity contribution in [1.29, 1.82) is 0 Å². The predicted molar refractivity (Wildman–Crippen MR) is 74.4 cm³/mol. The van der Waals surface area contributed by atoms with E-state index in [0.29, 0.717) is 12.0 Å². The first-order valence-corrected chi connectivity index (χ1v) is 6.54. The molecule has 2 N–H and O–H groups in total. The Bertz CT molecular complexity index is 575.